The molecular weight excluding hydrogens is 375 g/mol. The second kappa shape index (κ2) is 9.23. The molecule has 1 amide bonds. The molecule has 6 nitrogen and oxygen atoms in total. The molecule has 3 aromatic rings. The summed E-state index contributed by atoms with van der Waals surface area (Å²) in [5.74, 6) is -0.442. The van der Waals surface area contributed by atoms with Crippen molar-refractivity contribution < 1.29 is 23.1 Å². The Morgan fingerprint density at radius 3 is 2.62 bits per heavy atom. The van der Waals surface area contributed by atoms with E-state index in [9.17, 15) is 14.0 Å². The summed E-state index contributed by atoms with van der Waals surface area (Å²) in [6.07, 6.45) is 2.17. The standard InChI is InChI=1S/C22H23FN2O4/c1-15-12-20(16(2)25(15)13-19-4-3-11-28-19)22(27)29-14-21(26)24-10-9-17-5-7-18(23)8-6-17/h3-8,11-12H,9-10,13-14H2,1-2H3,(H,24,26). The lowest BCUT2D eigenvalue weighted by Gasteiger charge is -2.09. The van der Waals surface area contributed by atoms with Gasteiger partial charge >= 0.3 is 5.97 Å². The van der Waals surface area contributed by atoms with Crippen LogP contribution in [0.15, 0.2) is 53.1 Å². The van der Waals surface area contributed by atoms with E-state index in [1.165, 1.54) is 12.1 Å². The monoisotopic (exact) mass is 398 g/mol. The summed E-state index contributed by atoms with van der Waals surface area (Å²) in [6, 6.07) is 11.5. The normalized spacial score (nSPS) is 10.7. The van der Waals surface area contributed by atoms with E-state index in [2.05, 4.69) is 5.32 Å². The summed E-state index contributed by atoms with van der Waals surface area (Å²) < 4.78 is 25.4. The number of hydrogen-bond donors (Lipinski definition) is 1. The van der Waals surface area contributed by atoms with Crippen LogP contribution in [0.4, 0.5) is 4.39 Å². The predicted octanol–water partition coefficient (Wildman–Crippen LogP) is 3.40. The number of carbonyl (C=O) groups is 2. The molecule has 0 radical (unpaired) electrons. The number of rotatable bonds is 8. The highest BCUT2D eigenvalue weighted by molar-refractivity contribution is 5.92. The molecule has 0 fully saturated rings. The Morgan fingerprint density at radius 1 is 1.17 bits per heavy atom. The number of esters is 1. The molecule has 3 rings (SSSR count). The molecule has 0 aliphatic carbocycles. The molecule has 0 saturated carbocycles. The molecule has 0 unspecified atom stereocenters. The van der Waals surface area contributed by atoms with Gasteiger partial charge in [-0.3, -0.25) is 4.79 Å². The third-order valence-corrected chi connectivity index (χ3v) is 4.67. The van der Waals surface area contributed by atoms with Crippen LogP contribution in [0, 0.1) is 19.7 Å². The molecule has 2 heterocycles. The fraction of sp³-hybridized carbons (Fsp3) is 0.273. The average molecular weight is 398 g/mol. The van der Waals surface area contributed by atoms with Crippen molar-refractivity contribution in [3.63, 3.8) is 0 Å². The quantitative estimate of drug-likeness (QED) is 0.590. The molecule has 0 aliphatic heterocycles. The first-order valence-corrected chi connectivity index (χ1v) is 9.31. The number of nitrogens with one attached hydrogen (secondary N) is 1. The van der Waals surface area contributed by atoms with Crippen LogP contribution in [0.2, 0.25) is 0 Å². The van der Waals surface area contributed by atoms with Gasteiger partial charge in [0.1, 0.15) is 11.6 Å². The Kier molecular flexibility index (Phi) is 6.49. The molecule has 1 aromatic carbocycles. The van der Waals surface area contributed by atoms with E-state index in [1.807, 2.05) is 30.5 Å². The van der Waals surface area contributed by atoms with E-state index in [4.69, 9.17) is 9.15 Å². The minimum Gasteiger partial charge on any atom is -0.467 e. The number of aromatic nitrogens is 1. The van der Waals surface area contributed by atoms with Crippen LogP contribution < -0.4 is 5.32 Å². The van der Waals surface area contributed by atoms with Crippen LogP contribution in [0.5, 0.6) is 0 Å². The lowest BCUT2D eigenvalue weighted by molar-refractivity contribution is -0.124. The Labute approximate surface area is 168 Å². The van der Waals surface area contributed by atoms with Crippen LogP contribution in [0.3, 0.4) is 0 Å². The van der Waals surface area contributed by atoms with Crippen molar-refractivity contribution in [1.82, 2.24) is 9.88 Å². The summed E-state index contributed by atoms with van der Waals surface area (Å²) >= 11 is 0. The summed E-state index contributed by atoms with van der Waals surface area (Å²) in [4.78, 5) is 24.3. The van der Waals surface area contributed by atoms with Gasteiger partial charge in [0.05, 0.1) is 18.4 Å². The van der Waals surface area contributed by atoms with E-state index in [-0.39, 0.29) is 18.3 Å². The first kappa shape index (κ1) is 20.4. The van der Waals surface area contributed by atoms with Crippen LogP contribution >= 0.6 is 0 Å². The zero-order valence-corrected chi connectivity index (χ0v) is 16.4. The van der Waals surface area contributed by atoms with E-state index >= 15 is 0 Å². The molecule has 2 aromatic heterocycles. The molecule has 0 saturated heterocycles. The lowest BCUT2D eigenvalue weighted by Crippen LogP contribution is -2.30. The van der Waals surface area contributed by atoms with Gasteiger partial charge in [0.15, 0.2) is 6.61 Å². The summed E-state index contributed by atoms with van der Waals surface area (Å²) in [7, 11) is 0. The maximum Gasteiger partial charge on any atom is 0.340 e. The fourth-order valence-corrected chi connectivity index (χ4v) is 3.07. The zero-order valence-electron chi connectivity index (χ0n) is 16.4. The molecule has 1 N–H and O–H groups in total. The van der Waals surface area contributed by atoms with Gasteiger partial charge in [-0.2, -0.15) is 0 Å². The Morgan fingerprint density at radius 2 is 1.93 bits per heavy atom. The van der Waals surface area contributed by atoms with Gasteiger partial charge in [-0.15, -0.1) is 0 Å². The van der Waals surface area contributed by atoms with Gasteiger partial charge in [-0.05, 0) is 56.2 Å². The summed E-state index contributed by atoms with van der Waals surface area (Å²) in [6.45, 7) is 4.26. The van der Waals surface area contributed by atoms with Crippen molar-refractivity contribution in [2.45, 2.75) is 26.8 Å². The number of benzene rings is 1. The molecular formula is C22H23FN2O4. The second-order valence-corrected chi connectivity index (χ2v) is 6.75. The molecule has 0 atom stereocenters. The minimum absolute atomic E-state index is 0.298. The van der Waals surface area contributed by atoms with E-state index in [0.29, 0.717) is 25.1 Å². The molecule has 0 spiro atoms. The van der Waals surface area contributed by atoms with E-state index in [0.717, 1.165) is 22.7 Å². The average Bonchev–Trinajstić information content (AvgIpc) is 3.31. The Hall–Kier alpha value is -3.35. The second-order valence-electron chi connectivity index (χ2n) is 6.75. The van der Waals surface area contributed by atoms with Crippen molar-refractivity contribution in [2.75, 3.05) is 13.2 Å². The van der Waals surface area contributed by atoms with Crippen molar-refractivity contribution in [2.24, 2.45) is 0 Å². The first-order valence-electron chi connectivity index (χ1n) is 9.31. The topological polar surface area (TPSA) is 73.5 Å². The van der Waals surface area contributed by atoms with Gasteiger partial charge in [-0.25, -0.2) is 9.18 Å². The number of aryl methyl sites for hydroxylation is 1. The SMILES string of the molecule is Cc1cc(C(=O)OCC(=O)NCCc2ccc(F)cc2)c(C)n1Cc1ccco1. The van der Waals surface area contributed by atoms with Crippen LogP contribution in [-0.4, -0.2) is 29.6 Å². The third-order valence-electron chi connectivity index (χ3n) is 4.67. The predicted molar refractivity (Wildman–Crippen MR) is 105 cm³/mol. The van der Waals surface area contributed by atoms with Crippen molar-refractivity contribution in [3.8, 4) is 0 Å². The maximum absolute atomic E-state index is 12.9. The lowest BCUT2D eigenvalue weighted by atomic mass is 10.1. The molecule has 152 valence electrons. The highest BCUT2D eigenvalue weighted by atomic mass is 19.1. The number of ether oxygens (including phenoxy) is 1. The number of halogens is 1. The zero-order chi connectivity index (χ0) is 20.8. The van der Waals surface area contributed by atoms with E-state index in [1.54, 1.807) is 24.5 Å². The van der Waals surface area contributed by atoms with Gasteiger partial charge < -0.3 is 19.0 Å². The summed E-state index contributed by atoms with van der Waals surface area (Å²) in [5, 5.41) is 2.69. The number of amides is 1. The number of nitrogens with zero attached hydrogens (tertiary/aromatic N) is 1. The van der Waals surface area contributed by atoms with Crippen molar-refractivity contribution >= 4 is 11.9 Å². The fourth-order valence-electron chi connectivity index (χ4n) is 3.07. The van der Waals surface area contributed by atoms with Crippen molar-refractivity contribution in [3.05, 3.63) is 82.8 Å². The minimum atomic E-state index is -0.544. The van der Waals surface area contributed by atoms with Crippen LogP contribution in [-0.2, 0) is 22.5 Å². The number of furan rings is 1. The third kappa shape index (κ3) is 5.34. The molecule has 29 heavy (non-hydrogen) atoms. The van der Waals surface area contributed by atoms with Crippen LogP contribution in [0.25, 0.3) is 0 Å². The Bertz CT molecular complexity index is 975. The number of hydrogen-bond acceptors (Lipinski definition) is 4. The molecule has 7 heteroatoms. The summed E-state index contributed by atoms with van der Waals surface area (Å²) in [5.41, 5.74) is 2.98. The van der Waals surface area contributed by atoms with E-state index < -0.39 is 5.97 Å². The maximum atomic E-state index is 12.9. The highest BCUT2D eigenvalue weighted by Gasteiger charge is 2.18. The molecule has 0 bridgehead atoms. The van der Waals surface area contributed by atoms with Gasteiger partial charge in [0.25, 0.3) is 5.91 Å². The largest absolute Gasteiger partial charge is 0.467 e. The van der Waals surface area contributed by atoms with Gasteiger partial charge in [0.2, 0.25) is 0 Å². The van der Waals surface area contributed by atoms with Gasteiger partial charge in [0, 0.05) is 17.9 Å². The molecule has 0 aliphatic rings. The van der Waals surface area contributed by atoms with Crippen LogP contribution in [0.1, 0.15) is 33.1 Å². The van der Waals surface area contributed by atoms with Crippen molar-refractivity contribution in [1.29, 1.82) is 0 Å². The number of carbonyl (C=O) groups excluding carboxylic acids is 2. The smallest absolute Gasteiger partial charge is 0.340 e. The Balaban J connectivity index is 1.48. The highest BCUT2D eigenvalue weighted by Crippen LogP contribution is 2.18. The van der Waals surface area contributed by atoms with Gasteiger partial charge in [-0.1, -0.05) is 12.1 Å². The first-order chi connectivity index (χ1) is 13.9.